The second-order valence-corrected chi connectivity index (χ2v) is 3.45. The van der Waals surface area contributed by atoms with E-state index in [2.05, 4.69) is 9.97 Å². The van der Waals surface area contributed by atoms with Gasteiger partial charge in [-0.3, -0.25) is 9.78 Å². The molecule has 0 saturated heterocycles. The SMILES string of the molecule is O=c1cncc2[nH]c3ccccc3c2c1. The first kappa shape index (κ1) is 8.17. The predicted octanol–water partition coefficient (Wildman–Crippen LogP) is 2.08. The summed E-state index contributed by atoms with van der Waals surface area (Å²) in [7, 11) is 0. The minimum Gasteiger partial charge on any atom is -0.353 e. The average molecular weight is 196 g/mol. The highest BCUT2D eigenvalue weighted by atomic mass is 16.1. The molecule has 0 saturated carbocycles. The Hall–Kier alpha value is -2.16. The number of para-hydroxylation sites is 1. The third-order valence-electron chi connectivity index (χ3n) is 2.47. The molecule has 3 heteroatoms. The number of nitrogens with zero attached hydrogens (tertiary/aromatic N) is 1. The highest BCUT2D eigenvalue weighted by Gasteiger charge is 2.01. The van der Waals surface area contributed by atoms with Crippen LogP contribution in [0.25, 0.3) is 21.8 Å². The monoisotopic (exact) mass is 196 g/mol. The lowest BCUT2D eigenvalue weighted by molar-refractivity contribution is 1.34. The second-order valence-electron chi connectivity index (χ2n) is 3.45. The summed E-state index contributed by atoms with van der Waals surface area (Å²) in [5, 5.41) is 1.98. The van der Waals surface area contributed by atoms with Crippen LogP contribution in [0.1, 0.15) is 0 Å². The van der Waals surface area contributed by atoms with Crippen molar-refractivity contribution in [3.05, 3.63) is 52.9 Å². The molecule has 72 valence electrons. The van der Waals surface area contributed by atoms with Crippen LogP contribution in [-0.2, 0) is 0 Å². The number of benzene rings is 1. The Labute approximate surface area is 85.4 Å². The van der Waals surface area contributed by atoms with Crippen LogP contribution >= 0.6 is 0 Å². The minimum atomic E-state index is -0.0743. The summed E-state index contributed by atoms with van der Waals surface area (Å²) in [6.45, 7) is 0. The van der Waals surface area contributed by atoms with Crippen molar-refractivity contribution >= 4 is 21.8 Å². The maximum atomic E-state index is 11.3. The fourth-order valence-corrected chi connectivity index (χ4v) is 1.81. The van der Waals surface area contributed by atoms with Gasteiger partial charge in [0.05, 0.1) is 17.9 Å². The Bertz CT molecular complexity index is 700. The van der Waals surface area contributed by atoms with Gasteiger partial charge in [0.25, 0.3) is 0 Å². The van der Waals surface area contributed by atoms with Gasteiger partial charge in [-0.25, -0.2) is 0 Å². The fraction of sp³-hybridized carbons (Fsp3) is 0. The van der Waals surface area contributed by atoms with Crippen molar-refractivity contribution in [2.75, 3.05) is 0 Å². The number of H-pyrrole nitrogens is 1. The smallest absolute Gasteiger partial charge is 0.197 e. The van der Waals surface area contributed by atoms with Crippen LogP contribution in [-0.4, -0.2) is 9.97 Å². The zero-order chi connectivity index (χ0) is 10.3. The summed E-state index contributed by atoms with van der Waals surface area (Å²) < 4.78 is 0. The van der Waals surface area contributed by atoms with Crippen molar-refractivity contribution in [3.63, 3.8) is 0 Å². The molecule has 0 unspecified atom stereocenters. The zero-order valence-electron chi connectivity index (χ0n) is 7.90. The van der Waals surface area contributed by atoms with E-state index in [1.54, 1.807) is 12.3 Å². The molecule has 0 bridgehead atoms. The number of fused-ring (bicyclic) bond motifs is 3. The maximum Gasteiger partial charge on any atom is 0.197 e. The van der Waals surface area contributed by atoms with Crippen LogP contribution in [0.4, 0.5) is 0 Å². The van der Waals surface area contributed by atoms with Crippen LogP contribution in [0.3, 0.4) is 0 Å². The lowest BCUT2D eigenvalue weighted by atomic mass is 10.2. The number of aromatic amines is 1. The number of rotatable bonds is 0. The Morgan fingerprint density at radius 2 is 1.87 bits per heavy atom. The van der Waals surface area contributed by atoms with Crippen LogP contribution in [0.5, 0.6) is 0 Å². The number of hydrogen-bond acceptors (Lipinski definition) is 2. The zero-order valence-corrected chi connectivity index (χ0v) is 7.90. The Morgan fingerprint density at radius 1 is 1.00 bits per heavy atom. The maximum absolute atomic E-state index is 11.3. The Balaban J connectivity index is 2.65. The highest BCUT2D eigenvalue weighted by Crippen LogP contribution is 2.22. The average Bonchev–Trinajstić information content (AvgIpc) is 2.47. The number of hydrogen-bond donors (Lipinski definition) is 1. The van der Waals surface area contributed by atoms with Gasteiger partial charge in [-0.2, -0.15) is 0 Å². The lowest BCUT2D eigenvalue weighted by Gasteiger charge is -1.85. The van der Waals surface area contributed by atoms with E-state index in [1.807, 2.05) is 24.3 Å². The molecule has 0 spiro atoms. The molecular weight excluding hydrogens is 188 g/mol. The first-order chi connectivity index (χ1) is 7.34. The van der Waals surface area contributed by atoms with Crippen molar-refractivity contribution in [2.45, 2.75) is 0 Å². The third kappa shape index (κ3) is 1.21. The van der Waals surface area contributed by atoms with E-state index in [1.165, 1.54) is 6.20 Å². The van der Waals surface area contributed by atoms with Crippen molar-refractivity contribution < 1.29 is 0 Å². The third-order valence-corrected chi connectivity index (χ3v) is 2.47. The lowest BCUT2D eigenvalue weighted by Crippen LogP contribution is -1.90. The van der Waals surface area contributed by atoms with Gasteiger partial charge in [0.1, 0.15) is 0 Å². The predicted molar refractivity (Wildman–Crippen MR) is 59.9 cm³/mol. The standard InChI is InChI=1S/C12H8N2O/c15-8-5-10-9-3-1-2-4-11(9)14-12(10)7-13-6-8/h1-7,14H. The van der Waals surface area contributed by atoms with Gasteiger partial charge >= 0.3 is 0 Å². The molecule has 2 aromatic heterocycles. The largest absolute Gasteiger partial charge is 0.353 e. The van der Waals surface area contributed by atoms with Gasteiger partial charge in [-0.1, -0.05) is 18.2 Å². The molecule has 0 radical (unpaired) electrons. The van der Waals surface area contributed by atoms with Gasteiger partial charge in [-0.05, 0) is 12.1 Å². The van der Waals surface area contributed by atoms with Crippen LogP contribution in [0.15, 0.2) is 47.5 Å². The summed E-state index contributed by atoms with van der Waals surface area (Å²) in [6.07, 6.45) is 3.00. The summed E-state index contributed by atoms with van der Waals surface area (Å²) >= 11 is 0. The molecule has 2 heterocycles. The van der Waals surface area contributed by atoms with Gasteiger partial charge in [0.2, 0.25) is 0 Å². The molecule has 0 aliphatic carbocycles. The summed E-state index contributed by atoms with van der Waals surface area (Å²) in [6, 6.07) is 9.51. The molecular formula is C12H8N2O. The molecule has 0 amide bonds. The van der Waals surface area contributed by atoms with Gasteiger partial charge in [-0.15, -0.1) is 0 Å². The topological polar surface area (TPSA) is 45.8 Å². The Kier molecular flexibility index (Phi) is 1.59. The van der Waals surface area contributed by atoms with Crippen molar-refractivity contribution in [2.24, 2.45) is 0 Å². The van der Waals surface area contributed by atoms with Gasteiger partial charge < -0.3 is 4.98 Å². The Morgan fingerprint density at radius 3 is 2.80 bits per heavy atom. The molecule has 15 heavy (non-hydrogen) atoms. The van der Waals surface area contributed by atoms with Crippen LogP contribution in [0, 0.1) is 0 Å². The van der Waals surface area contributed by atoms with E-state index in [0.717, 1.165) is 21.8 Å². The van der Waals surface area contributed by atoms with Gasteiger partial charge in [0, 0.05) is 16.3 Å². The second kappa shape index (κ2) is 2.92. The normalized spacial score (nSPS) is 10.9. The number of aromatic nitrogens is 2. The van der Waals surface area contributed by atoms with Crippen molar-refractivity contribution in [1.82, 2.24) is 9.97 Å². The summed E-state index contributed by atoms with van der Waals surface area (Å²) in [4.78, 5) is 18.5. The summed E-state index contributed by atoms with van der Waals surface area (Å²) in [5.74, 6) is 0. The van der Waals surface area contributed by atoms with Crippen LogP contribution < -0.4 is 5.43 Å². The van der Waals surface area contributed by atoms with E-state index in [4.69, 9.17) is 0 Å². The molecule has 0 aliphatic rings. The minimum absolute atomic E-state index is 0.0743. The molecule has 3 nitrogen and oxygen atoms in total. The van der Waals surface area contributed by atoms with E-state index < -0.39 is 0 Å². The molecule has 0 fully saturated rings. The molecule has 0 atom stereocenters. The fourth-order valence-electron chi connectivity index (χ4n) is 1.81. The molecule has 3 rings (SSSR count). The van der Waals surface area contributed by atoms with E-state index >= 15 is 0 Å². The highest BCUT2D eigenvalue weighted by molar-refractivity contribution is 6.06. The van der Waals surface area contributed by atoms with Crippen LogP contribution in [0.2, 0.25) is 0 Å². The van der Waals surface area contributed by atoms with E-state index in [-0.39, 0.29) is 5.43 Å². The molecule has 0 aliphatic heterocycles. The molecule has 1 aromatic carbocycles. The first-order valence-corrected chi connectivity index (χ1v) is 4.70. The quantitative estimate of drug-likeness (QED) is 0.598. The number of nitrogens with one attached hydrogen (secondary N) is 1. The van der Waals surface area contributed by atoms with E-state index in [0.29, 0.717) is 0 Å². The molecule has 1 N–H and O–H groups in total. The van der Waals surface area contributed by atoms with Crippen molar-refractivity contribution in [3.8, 4) is 0 Å². The van der Waals surface area contributed by atoms with Crippen molar-refractivity contribution in [1.29, 1.82) is 0 Å². The molecule has 3 aromatic rings. The van der Waals surface area contributed by atoms with E-state index in [9.17, 15) is 4.79 Å². The summed E-state index contributed by atoms with van der Waals surface area (Å²) in [5.41, 5.74) is 1.84. The van der Waals surface area contributed by atoms with Gasteiger partial charge in [0.15, 0.2) is 5.43 Å². The first-order valence-electron chi connectivity index (χ1n) is 4.70.